The summed E-state index contributed by atoms with van der Waals surface area (Å²) in [7, 11) is -2.68. The zero-order chi connectivity index (χ0) is 24.0. The van der Waals surface area contributed by atoms with E-state index in [0.29, 0.717) is 5.56 Å². The molecule has 0 aliphatic carbocycles. The van der Waals surface area contributed by atoms with Gasteiger partial charge in [-0.2, -0.15) is 8.42 Å². The maximum atomic E-state index is 12.5. The topological polar surface area (TPSA) is 122 Å². The molecule has 0 aromatic heterocycles. The summed E-state index contributed by atoms with van der Waals surface area (Å²) in [6.45, 7) is 1.85. The summed E-state index contributed by atoms with van der Waals surface area (Å²) in [5.41, 5.74) is 6.88. The normalized spacial score (nSPS) is 11.2. The number of carbonyl (C=O) groups is 2. The van der Waals surface area contributed by atoms with Crippen LogP contribution >= 0.6 is 0 Å². The third kappa shape index (κ3) is 6.20. The average Bonchev–Trinajstić information content (AvgIpc) is 2.78. The first kappa shape index (κ1) is 23.6. The van der Waals surface area contributed by atoms with Gasteiger partial charge in [0.2, 0.25) is 5.91 Å². The Morgan fingerprint density at radius 1 is 0.939 bits per heavy atom. The molecule has 0 radical (unpaired) electrons. The van der Waals surface area contributed by atoms with Crippen molar-refractivity contribution in [2.75, 3.05) is 7.11 Å². The Balaban J connectivity index is 1.73. The third-order valence-corrected chi connectivity index (χ3v) is 5.69. The molecule has 0 bridgehead atoms. The number of aryl methyl sites for hydroxylation is 1. The van der Waals surface area contributed by atoms with Crippen molar-refractivity contribution in [1.82, 2.24) is 0 Å². The molecule has 2 N–H and O–H groups in total. The summed E-state index contributed by atoms with van der Waals surface area (Å²) >= 11 is 0. The minimum absolute atomic E-state index is 0.000989. The van der Waals surface area contributed by atoms with Gasteiger partial charge in [-0.25, -0.2) is 4.79 Å². The van der Waals surface area contributed by atoms with Gasteiger partial charge in [-0.05, 0) is 61.0 Å². The maximum Gasteiger partial charge on any atom is 0.339 e. The van der Waals surface area contributed by atoms with Crippen LogP contribution in [0.25, 0.3) is 6.08 Å². The van der Waals surface area contributed by atoms with Crippen LogP contribution < -0.4 is 19.4 Å². The van der Waals surface area contributed by atoms with Crippen LogP contribution in [-0.4, -0.2) is 27.4 Å². The lowest BCUT2D eigenvalue weighted by molar-refractivity contribution is -0.128. The van der Waals surface area contributed by atoms with Gasteiger partial charge in [0, 0.05) is 11.6 Å². The summed E-state index contributed by atoms with van der Waals surface area (Å²) in [6.07, 6.45) is 2.64. The summed E-state index contributed by atoms with van der Waals surface area (Å²) in [4.78, 5) is 23.3. The first-order valence-corrected chi connectivity index (χ1v) is 11.1. The van der Waals surface area contributed by atoms with E-state index in [1.54, 1.807) is 24.3 Å². The Morgan fingerprint density at radius 2 is 1.67 bits per heavy atom. The van der Waals surface area contributed by atoms with Crippen molar-refractivity contribution >= 4 is 28.1 Å². The Kier molecular flexibility index (Phi) is 7.14. The fourth-order valence-corrected chi connectivity index (χ4v) is 3.69. The van der Waals surface area contributed by atoms with Crippen LogP contribution in [-0.2, 0) is 14.9 Å². The van der Waals surface area contributed by atoms with Crippen LogP contribution in [0, 0.1) is 6.92 Å². The van der Waals surface area contributed by atoms with Gasteiger partial charge in [-0.15, -0.1) is 0 Å². The summed E-state index contributed by atoms with van der Waals surface area (Å²) in [5.74, 6) is -0.986. The number of methoxy groups -OCH3 is 1. The van der Waals surface area contributed by atoms with Crippen LogP contribution in [0.3, 0.4) is 0 Å². The molecule has 0 aliphatic rings. The molecule has 0 saturated heterocycles. The second-order valence-electron chi connectivity index (χ2n) is 6.91. The minimum atomic E-state index is -4.05. The molecular weight excluding hydrogens is 446 g/mol. The Hall–Kier alpha value is -4.11. The highest BCUT2D eigenvalue weighted by atomic mass is 32.2. The molecule has 0 fully saturated rings. The predicted octanol–water partition coefficient (Wildman–Crippen LogP) is 3.49. The van der Waals surface area contributed by atoms with E-state index in [2.05, 4.69) is 0 Å². The van der Waals surface area contributed by atoms with Crippen LogP contribution in [0.1, 0.15) is 21.5 Å². The van der Waals surface area contributed by atoms with E-state index in [1.807, 2.05) is 6.92 Å². The molecule has 0 saturated carbocycles. The Morgan fingerprint density at radius 3 is 2.33 bits per heavy atom. The van der Waals surface area contributed by atoms with Crippen molar-refractivity contribution in [2.45, 2.75) is 11.8 Å². The van der Waals surface area contributed by atoms with Gasteiger partial charge in [0.1, 0.15) is 10.6 Å². The summed E-state index contributed by atoms with van der Waals surface area (Å²) in [5, 5.41) is 0. The first-order valence-electron chi connectivity index (χ1n) is 9.67. The van der Waals surface area contributed by atoms with Crippen LogP contribution in [0.5, 0.6) is 17.2 Å². The Labute approximate surface area is 191 Å². The van der Waals surface area contributed by atoms with E-state index < -0.39 is 22.0 Å². The highest BCUT2D eigenvalue weighted by Crippen LogP contribution is 2.31. The molecule has 0 atom stereocenters. The second-order valence-corrected chi connectivity index (χ2v) is 8.45. The molecule has 1 amide bonds. The standard InChI is InChI=1S/C24H21NO7S/c1-16-6-10-20(11-7-16)33(28,29)32-21-12-8-17(14-22(21)30-2)9-13-23(26)31-19-5-3-4-18(15-19)24(25)27/h3-15H,1-2H3,(H2,25,27)/b13-9+. The minimum Gasteiger partial charge on any atom is -0.493 e. The smallest absolute Gasteiger partial charge is 0.339 e. The van der Waals surface area contributed by atoms with Gasteiger partial charge in [0.15, 0.2) is 11.5 Å². The van der Waals surface area contributed by atoms with Crippen molar-refractivity contribution in [1.29, 1.82) is 0 Å². The molecule has 0 aliphatic heterocycles. The summed E-state index contributed by atoms with van der Waals surface area (Å²) in [6, 6.07) is 16.7. The van der Waals surface area contributed by atoms with Crippen LogP contribution in [0.4, 0.5) is 0 Å². The molecule has 0 spiro atoms. The highest BCUT2D eigenvalue weighted by Gasteiger charge is 2.19. The molecule has 8 nitrogen and oxygen atoms in total. The molecule has 170 valence electrons. The van der Waals surface area contributed by atoms with Gasteiger partial charge in [-0.3, -0.25) is 4.79 Å². The number of esters is 1. The quantitative estimate of drug-likeness (QED) is 0.233. The number of hydrogen-bond acceptors (Lipinski definition) is 7. The molecule has 33 heavy (non-hydrogen) atoms. The molecule has 3 aromatic rings. The number of ether oxygens (including phenoxy) is 2. The van der Waals surface area contributed by atoms with Crippen LogP contribution in [0.2, 0.25) is 0 Å². The maximum absolute atomic E-state index is 12.5. The number of primary amides is 1. The van der Waals surface area contributed by atoms with Gasteiger partial charge in [-0.1, -0.05) is 29.8 Å². The van der Waals surface area contributed by atoms with Gasteiger partial charge in [0.25, 0.3) is 0 Å². The number of benzene rings is 3. The predicted molar refractivity (Wildman–Crippen MR) is 122 cm³/mol. The number of hydrogen-bond donors (Lipinski definition) is 1. The van der Waals surface area contributed by atoms with Gasteiger partial charge < -0.3 is 19.4 Å². The zero-order valence-electron chi connectivity index (χ0n) is 17.8. The van der Waals surface area contributed by atoms with Crippen LogP contribution in [0.15, 0.2) is 77.7 Å². The monoisotopic (exact) mass is 467 g/mol. The van der Waals surface area contributed by atoms with E-state index in [4.69, 9.17) is 19.4 Å². The van der Waals surface area contributed by atoms with E-state index in [1.165, 1.54) is 61.7 Å². The Bertz CT molecular complexity index is 1310. The number of rotatable bonds is 8. The molecule has 3 aromatic carbocycles. The lowest BCUT2D eigenvalue weighted by Crippen LogP contribution is -2.11. The molecular formula is C24H21NO7S. The van der Waals surface area contributed by atoms with E-state index in [-0.39, 0.29) is 27.7 Å². The number of carbonyl (C=O) groups excluding carboxylic acids is 2. The van der Waals surface area contributed by atoms with Crippen molar-refractivity contribution in [3.8, 4) is 17.2 Å². The van der Waals surface area contributed by atoms with Gasteiger partial charge in [0.05, 0.1) is 7.11 Å². The first-order chi connectivity index (χ1) is 15.7. The zero-order valence-corrected chi connectivity index (χ0v) is 18.7. The fourth-order valence-electron chi connectivity index (χ4n) is 2.76. The largest absolute Gasteiger partial charge is 0.493 e. The average molecular weight is 467 g/mol. The fraction of sp³-hybridized carbons (Fsp3) is 0.0833. The lowest BCUT2D eigenvalue weighted by Gasteiger charge is -2.11. The summed E-state index contributed by atoms with van der Waals surface area (Å²) < 4.78 is 40.7. The highest BCUT2D eigenvalue weighted by molar-refractivity contribution is 7.87. The van der Waals surface area contributed by atoms with Gasteiger partial charge >= 0.3 is 16.1 Å². The third-order valence-electron chi connectivity index (χ3n) is 4.45. The second kappa shape index (κ2) is 10.0. The number of amides is 1. The van der Waals surface area contributed by atoms with Crippen molar-refractivity contribution in [3.63, 3.8) is 0 Å². The molecule has 0 heterocycles. The molecule has 9 heteroatoms. The molecule has 0 unspecified atom stereocenters. The van der Waals surface area contributed by atoms with E-state index in [9.17, 15) is 18.0 Å². The van der Waals surface area contributed by atoms with E-state index >= 15 is 0 Å². The van der Waals surface area contributed by atoms with Crippen molar-refractivity contribution in [3.05, 3.63) is 89.5 Å². The van der Waals surface area contributed by atoms with Crippen molar-refractivity contribution in [2.24, 2.45) is 5.73 Å². The molecule has 3 rings (SSSR count). The lowest BCUT2D eigenvalue weighted by atomic mass is 10.2. The van der Waals surface area contributed by atoms with Crippen molar-refractivity contribution < 1.29 is 31.7 Å². The number of nitrogens with two attached hydrogens (primary N) is 1. The van der Waals surface area contributed by atoms with E-state index in [0.717, 1.165) is 5.56 Å². The SMILES string of the molecule is COc1cc(/C=C/C(=O)Oc2cccc(C(N)=O)c2)ccc1OS(=O)(=O)c1ccc(C)cc1.